The first-order valence-electron chi connectivity index (χ1n) is 9.01. The fourth-order valence-electron chi connectivity index (χ4n) is 3.90. The Bertz CT molecular complexity index is 597. The summed E-state index contributed by atoms with van der Waals surface area (Å²) >= 11 is 0. The summed E-state index contributed by atoms with van der Waals surface area (Å²) in [5.74, 6) is 1.30. The van der Waals surface area contributed by atoms with Gasteiger partial charge in [-0.05, 0) is 36.3 Å². The molecule has 2 aliphatic rings. The van der Waals surface area contributed by atoms with Crippen molar-refractivity contribution in [1.29, 1.82) is 0 Å². The summed E-state index contributed by atoms with van der Waals surface area (Å²) in [7, 11) is 0. The summed E-state index contributed by atoms with van der Waals surface area (Å²) < 4.78 is 0. The van der Waals surface area contributed by atoms with E-state index in [0.29, 0.717) is 5.92 Å². The molecule has 3 rings (SSSR count). The molecule has 0 aromatic heterocycles. The van der Waals surface area contributed by atoms with Gasteiger partial charge in [0.1, 0.15) is 0 Å². The molecule has 1 aromatic carbocycles. The monoisotopic (exact) mass is 326 g/mol. The van der Waals surface area contributed by atoms with E-state index in [1.165, 1.54) is 31.8 Å². The van der Waals surface area contributed by atoms with E-state index in [4.69, 9.17) is 0 Å². The number of carbonyl (C=O) groups is 2. The van der Waals surface area contributed by atoms with Crippen LogP contribution in [0, 0.1) is 11.8 Å². The minimum absolute atomic E-state index is 0.0421. The van der Waals surface area contributed by atoms with Gasteiger partial charge in [0.2, 0.25) is 11.8 Å². The maximum atomic E-state index is 12.3. The Morgan fingerprint density at radius 1 is 1.08 bits per heavy atom. The van der Waals surface area contributed by atoms with Gasteiger partial charge in [-0.2, -0.15) is 0 Å². The molecule has 0 unspecified atom stereocenters. The number of hydrogen-bond donors (Lipinski definition) is 1. The summed E-state index contributed by atoms with van der Waals surface area (Å²) in [6, 6.07) is 9.66. The van der Waals surface area contributed by atoms with Crippen LogP contribution < -0.4 is 5.32 Å². The van der Waals surface area contributed by atoms with Gasteiger partial charge in [0, 0.05) is 19.2 Å². The third kappa shape index (κ3) is 4.47. The SMILES string of the molecule is O=C(/C=C/c1ccccc1)NCC(=O)N1CC[C@H]2CCCC[C@H]2C1. The van der Waals surface area contributed by atoms with Crippen molar-refractivity contribution < 1.29 is 9.59 Å². The molecule has 1 aliphatic heterocycles. The molecule has 0 spiro atoms. The van der Waals surface area contributed by atoms with E-state index >= 15 is 0 Å². The Morgan fingerprint density at radius 3 is 2.62 bits per heavy atom. The number of fused-ring (bicyclic) bond motifs is 1. The molecule has 0 radical (unpaired) electrons. The first-order chi connectivity index (χ1) is 11.7. The zero-order chi connectivity index (χ0) is 16.8. The highest BCUT2D eigenvalue weighted by Gasteiger charge is 2.32. The molecule has 1 saturated carbocycles. The van der Waals surface area contributed by atoms with Gasteiger partial charge in [-0.25, -0.2) is 0 Å². The quantitative estimate of drug-likeness (QED) is 0.865. The predicted molar refractivity (Wildman–Crippen MR) is 95.1 cm³/mol. The van der Waals surface area contributed by atoms with Crippen molar-refractivity contribution in [2.75, 3.05) is 19.6 Å². The number of nitrogens with zero attached hydrogens (tertiary/aromatic N) is 1. The number of amides is 2. The minimum Gasteiger partial charge on any atom is -0.343 e. The fraction of sp³-hybridized carbons (Fsp3) is 0.500. The second-order valence-corrected chi connectivity index (χ2v) is 6.89. The molecule has 2 amide bonds. The summed E-state index contributed by atoms with van der Waals surface area (Å²) in [5, 5.41) is 2.71. The average Bonchev–Trinajstić information content (AvgIpc) is 2.65. The first kappa shape index (κ1) is 16.7. The average molecular weight is 326 g/mol. The molecule has 1 heterocycles. The molecule has 2 fully saturated rings. The van der Waals surface area contributed by atoms with Crippen LogP contribution in [-0.4, -0.2) is 36.3 Å². The van der Waals surface area contributed by atoms with E-state index in [9.17, 15) is 9.59 Å². The third-order valence-corrected chi connectivity index (χ3v) is 5.28. The molecule has 1 aliphatic carbocycles. The highest BCUT2D eigenvalue weighted by Crippen LogP contribution is 2.35. The van der Waals surface area contributed by atoms with Crippen LogP contribution in [0.4, 0.5) is 0 Å². The number of rotatable bonds is 4. The molecule has 4 nitrogen and oxygen atoms in total. The lowest BCUT2D eigenvalue weighted by Crippen LogP contribution is -2.48. The van der Waals surface area contributed by atoms with Crippen LogP contribution in [0.3, 0.4) is 0 Å². The van der Waals surface area contributed by atoms with E-state index in [-0.39, 0.29) is 18.4 Å². The van der Waals surface area contributed by atoms with Gasteiger partial charge < -0.3 is 10.2 Å². The molecule has 4 heteroatoms. The summed E-state index contributed by atoms with van der Waals surface area (Å²) in [4.78, 5) is 26.1. The molecule has 1 saturated heterocycles. The van der Waals surface area contributed by atoms with Gasteiger partial charge in [-0.1, -0.05) is 49.6 Å². The van der Waals surface area contributed by atoms with Crippen molar-refractivity contribution in [2.24, 2.45) is 11.8 Å². The van der Waals surface area contributed by atoms with E-state index in [1.54, 1.807) is 6.08 Å². The Balaban J connectivity index is 1.43. The number of nitrogens with one attached hydrogen (secondary N) is 1. The van der Waals surface area contributed by atoms with Gasteiger partial charge in [0.25, 0.3) is 0 Å². The smallest absolute Gasteiger partial charge is 0.244 e. The summed E-state index contributed by atoms with van der Waals surface area (Å²) in [6.45, 7) is 1.81. The molecule has 1 aromatic rings. The molecule has 0 bridgehead atoms. The van der Waals surface area contributed by atoms with Crippen molar-refractivity contribution in [1.82, 2.24) is 10.2 Å². The predicted octanol–water partition coefficient (Wildman–Crippen LogP) is 2.85. The standard InChI is InChI=1S/C20H26N2O2/c23-19(11-10-16-6-2-1-3-7-16)21-14-20(24)22-13-12-17-8-4-5-9-18(17)15-22/h1-3,6-7,10-11,17-18H,4-5,8-9,12-15H2,(H,21,23)/b11-10+/t17-,18+/m1/s1. The normalized spacial score (nSPS) is 23.8. The van der Waals surface area contributed by atoms with E-state index in [1.807, 2.05) is 35.2 Å². The number of carbonyl (C=O) groups excluding carboxylic acids is 2. The second-order valence-electron chi connectivity index (χ2n) is 6.89. The largest absolute Gasteiger partial charge is 0.343 e. The van der Waals surface area contributed by atoms with E-state index in [2.05, 4.69) is 5.32 Å². The number of benzene rings is 1. The fourth-order valence-corrected chi connectivity index (χ4v) is 3.90. The molecular formula is C20H26N2O2. The first-order valence-corrected chi connectivity index (χ1v) is 9.01. The molecule has 128 valence electrons. The summed E-state index contributed by atoms with van der Waals surface area (Å²) in [5.41, 5.74) is 0.971. The number of likely N-dealkylation sites (tertiary alicyclic amines) is 1. The molecule has 24 heavy (non-hydrogen) atoms. The lowest BCUT2D eigenvalue weighted by molar-refractivity contribution is -0.134. The van der Waals surface area contributed by atoms with Gasteiger partial charge >= 0.3 is 0 Å². The number of piperidine rings is 1. The van der Waals surface area contributed by atoms with Gasteiger partial charge in [-0.3, -0.25) is 9.59 Å². The topological polar surface area (TPSA) is 49.4 Å². The maximum Gasteiger partial charge on any atom is 0.244 e. The molecule has 2 atom stereocenters. The van der Waals surface area contributed by atoms with E-state index in [0.717, 1.165) is 31.0 Å². The van der Waals surface area contributed by atoms with Crippen molar-refractivity contribution >= 4 is 17.9 Å². The Hall–Kier alpha value is -2.10. The third-order valence-electron chi connectivity index (χ3n) is 5.28. The van der Waals surface area contributed by atoms with E-state index < -0.39 is 0 Å². The summed E-state index contributed by atoms with van der Waals surface area (Å²) in [6.07, 6.45) is 9.58. The maximum absolute atomic E-state index is 12.3. The van der Waals surface area contributed by atoms with Gasteiger partial charge in [-0.15, -0.1) is 0 Å². The van der Waals surface area contributed by atoms with Crippen LogP contribution in [0.25, 0.3) is 6.08 Å². The van der Waals surface area contributed by atoms with Gasteiger partial charge in [0.15, 0.2) is 0 Å². The Labute approximate surface area is 143 Å². The van der Waals surface area contributed by atoms with Crippen LogP contribution in [0.5, 0.6) is 0 Å². The van der Waals surface area contributed by atoms with Crippen LogP contribution in [0.2, 0.25) is 0 Å². The minimum atomic E-state index is -0.222. The van der Waals surface area contributed by atoms with Crippen LogP contribution in [-0.2, 0) is 9.59 Å². The lowest BCUT2D eigenvalue weighted by atomic mass is 9.75. The van der Waals surface area contributed by atoms with Crippen molar-refractivity contribution in [2.45, 2.75) is 32.1 Å². The molecular weight excluding hydrogens is 300 g/mol. The van der Waals surface area contributed by atoms with Crippen molar-refractivity contribution in [3.8, 4) is 0 Å². The Kier molecular flexibility index (Phi) is 5.68. The van der Waals surface area contributed by atoms with Crippen molar-refractivity contribution in [3.05, 3.63) is 42.0 Å². The number of hydrogen-bond acceptors (Lipinski definition) is 2. The Morgan fingerprint density at radius 2 is 1.83 bits per heavy atom. The van der Waals surface area contributed by atoms with Crippen molar-refractivity contribution in [3.63, 3.8) is 0 Å². The zero-order valence-electron chi connectivity index (χ0n) is 14.1. The van der Waals surface area contributed by atoms with Gasteiger partial charge in [0.05, 0.1) is 6.54 Å². The highest BCUT2D eigenvalue weighted by molar-refractivity contribution is 5.94. The second kappa shape index (κ2) is 8.13. The van der Waals surface area contributed by atoms with Crippen LogP contribution in [0.1, 0.15) is 37.7 Å². The zero-order valence-corrected chi connectivity index (χ0v) is 14.1. The molecule has 1 N–H and O–H groups in total. The lowest BCUT2D eigenvalue weighted by Gasteiger charge is -2.41. The van der Waals surface area contributed by atoms with Crippen LogP contribution in [0.15, 0.2) is 36.4 Å². The van der Waals surface area contributed by atoms with Crippen LogP contribution >= 0.6 is 0 Å². The highest BCUT2D eigenvalue weighted by atomic mass is 16.2.